The van der Waals surface area contributed by atoms with Crippen molar-refractivity contribution in [2.75, 3.05) is 5.73 Å². The van der Waals surface area contributed by atoms with E-state index in [1.165, 1.54) is 11.8 Å². The van der Waals surface area contributed by atoms with Crippen LogP contribution in [-0.2, 0) is 12.2 Å². The molecule has 2 rings (SSSR count). The molecule has 7 heteroatoms. The molecule has 19 heavy (non-hydrogen) atoms. The standard InChI is InChI=1S/C12H17N5OS/c1-7(2)4-11-16-10(17-18-11)6-19-12-14-8(3)5-9(13)15-12/h5,7H,4,6H2,1-3H3,(H2,13,14,15). The molecule has 0 aliphatic heterocycles. The molecule has 0 amide bonds. The molecule has 0 saturated heterocycles. The number of nitrogens with zero attached hydrogens (tertiary/aromatic N) is 4. The molecule has 2 N–H and O–H groups in total. The number of hydrogen-bond donors (Lipinski definition) is 1. The van der Waals surface area contributed by atoms with E-state index in [-0.39, 0.29) is 0 Å². The molecule has 0 fully saturated rings. The van der Waals surface area contributed by atoms with Gasteiger partial charge in [-0.25, -0.2) is 9.97 Å². The Balaban J connectivity index is 1.96. The number of nitrogen functional groups attached to an aromatic ring is 1. The lowest BCUT2D eigenvalue weighted by molar-refractivity contribution is 0.360. The summed E-state index contributed by atoms with van der Waals surface area (Å²) in [5, 5.41) is 4.57. The minimum absolute atomic E-state index is 0.476. The SMILES string of the molecule is Cc1cc(N)nc(SCc2noc(CC(C)C)n2)n1. The molecule has 2 heterocycles. The highest BCUT2D eigenvalue weighted by Gasteiger charge is 2.09. The van der Waals surface area contributed by atoms with E-state index in [2.05, 4.69) is 34.0 Å². The molecule has 0 unspecified atom stereocenters. The summed E-state index contributed by atoms with van der Waals surface area (Å²) in [5.41, 5.74) is 6.52. The number of anilines is 1. The van der Waals surface area contributed by atoms with Crippen LogP contribution in [0.25, 0.3) is 0 Å². The van der Waals surface area contributed by atoms with Gasteiger partial charge in [0.2, 0.25) is 5.89 Å². The van der Waals surface area contributed by atoms with Gasteiger partial charge in [0.25, 0.3) is 0 Å². The summed E-state index contributed by atoms with van der Waals surface area (Å²) >= 11 is 1.45. The van der Waals surface area contributed by atoms with Gasteiger partial charge >= 0.3 is 0 Å². The number of rotatable bonds is 5. The molecule has 6 nitrogen and oxygen atoms in total. The highest BCUT2D eigenvalue weighted by Crippen LogP contribution is 2.19. The molecule has 0 aliphatic rings. The van der Waals surface area contributed by atoms with Crippen molar-refractivity contribution in [3.8, 4) is 0 Å². The van der Waals surface area contributed by atoms with Crippen LogP contribution in [0, 0.1) is 12.8 Å². The van der Waals surface area contributed by atoms with Crippen LogP contribution in [0.1, 0.15) is 31.3 Å². The van der Waals surface area contributed by atoms with Crippen molar-refractivity contribution in [1.29, 1.82) is 0 Å². The van der Waals surface area contributed by atoms with Crippen molar-refractivity contribution < 1.29 is 4.52 Å². The molecule has 0 atom stereocenters. The molecule has 0 saturated carbocycles. The molecule has 2 aromatic rings. The fourth-order valence-electron chi connectivity index (χ4n) is 1.54. The summed E-state index contributed by atoms with van der Waals surface area (Å²) in [5.74, 6) is 2.88. The topological polar surface area (TPSA) is 90.7 Å². The Hall–Kier alpha value is -1.63. The molecule has 0 aromatic carbocycles. The number of aromatic nitrogens is 4. The van der Waals surface area contributed by atoms with Gasteiger partial charge < -0.3 is 10.3 Å². The molecule has 2 aromatic heterocycles. The van der Waals surface area contributed by atoms with Gasteiger partial charge in [-0.3, -0.25) is 0 Å². The quantitative estimate of drug-likeness (QED) is 0.663. The zero-order valence-electron chi connectivity index (χ0n) is 11.3. The van der Waals surface area contributed by atoms with Gasteiger partial charge in [-0.2, -0.15) is 4.98 Å². The lowest BCUT2D eigenvalue weighted by Crippen LogP contribution is -1.97. The van der Waals surface area contributed by atoms with Crippen molar-refractivity contribution >= 4 is 17.6 Å². The second-order valence-electron chi connectivity index (χ2n) is 4.71. The Morgan fingerprint density at radius 2 is 2.11 bits per heavy atom. The van der Waals surface area contributed by atoms with Gasteiger partial charge in [-0.05, 0) is 12.8 Å². The maximum atomic E-state index is 5.67. The summed E-state index contributed by atoms with van der Waals surface area (Å²) in [6.45, 7) is 6.11. The molecular weight excluding hydrogens is 262 g/mol. The largest absolute Gasteiger partial charge is 0.384 e. The fraction of sp³-hybridized carbons (Fsp3) is 0.500. The van der Waals surface area contributed by atoms with E-state index in [0.29, 0.717) is 34.4 Å². The molecular formula is C12H17N5OS. The highest BCUT2D eigenvalue weighted by molar-refractivity contribution is 7.98. The number of hydrogen-bond acceptors (Lipinski definition) is 7. The Morgan fingerprint density at radius 1 is 1.32 bits per heavy atom. The lowest BCUT2D eigenvalue weighted by atomic mass is 10.1. The maximum absolute atomic E-state index is 5.67. The Kier molecular flexibility index (Phi) is 4.36. The van der Waals surface area contributed by atoms with Gasteiger partial charge in [0.15, 0.2) is 11.0 Å². The number of thioether (sulfide) groups is 1. The van der Waals surface area contributed by atoms with E-state index in [0.717, 1.165) is 12.1 Å². The number of nitrogens with two attached hydrogens (primary N) is 1. The average Bonchev–Trinajstić information content (AvgIpc) is 2.72. The first-order valence-electron chi connectivity index (χ1n) is 6.08. The van der Waals surface area contributed by atoms with E-state index in [9.17, 15) is 0 Å². The first kappa shape index (κ1) is 13.8. The fourth-order valence-corrected chi connectivity index (χ4v) is 2.29. The van der Waals surface area contributed by atoms with E-state index < -0.39 is 0 Å². The highest BCUT2D eigenvalue weighted by atomic mass is 32.2. The molecule has 0 radical (unpaired) electrons. The molecule has 102 valence electrons. The van der Waals surface area contributed by atoms with Crippen LogP contribution in [0.15, 0.2) is 15.7 Å². The lowest BCUT2D eigenvalue weighted by Gasteiger charge is -2.00. The van der Waals surface area contributed by atoms with Crippen LogP contribution >= 0.6 is 11.8 Å². The van der Waals surface area contributed by atoms with Crippen LogP contribution in [0.5, 0.6) is 0 Å². The van der Waals surface area contributed by atoms with Gasteiger partial charge in [-0.15, -0.1) is 0 Å². The summed E-state index contributed by atoms with van der Waals surface area (Å²) in [6.07, 6.45) is 0.797. The smallest absolute Gasteiger partial charge is 0.226 e. The van der Waals surface area contributed by atoms with Crippen molar-refractivity contribution in [2.24, 2.45) is 5.92 Å². The summed E-state index contributed by atoms with van der Waals surface area (Å²) in [4.78, 5) is 12.8. The van der Waals surface area contributed by atoms with Gasteiger partial charge in [0.05, 0.1) is 5.75 Å². The number of aryl methyl sites for hydroxylation is 1. The second-order valence-corrected chi connectivity index (χ2v) is 5.65. The van der Waals surface area contributed by atoms with E-state index in [1.807, 2.05) is 6.92 Å². The minimum atomic E-state index is 0.476. The predicted octanol–water partition coefficient (Wildman–Crippen LogP) is 2.24. The van der Waals surface area contributed by atoms with Gasteiger partial charge in [0, 0.05) is 18.2 Å². The predicted molar refractivity (Wildman–Crippen MR) is 73.6 cm³/mol. The molecule has 0 spiro atoms. The zero-order valence-corrected chi connectivity index (χ0v) is 12.1. The van der Waals surface area contributed by atoms with Crippen molar-refractivity contribution in [3.63, 3.8) is 0 Å². The van der Waals surface area contributed by atoms with Crippen molar-refractivity contribution in [3.05, 3.63) is 23.5 Å². The van der Waals surface area contributed by atoms with Crippen LogP contribution in [-0.4, -0.2) is 20.1 Å². The summed E-state index contributed by atoms with van der Waals surface area (Å²) in [6, 6.07) is 1.74. The van der Waals surface area contributed by atoms with Crippen molar-refractivity contribution in [2.45, 2.75) is 38.1 Å². The van der Waals surface area contributed by atoms with E-state index >= 15 is 0 Å². The second kappa shape index (κ2) is 6.01. The van der Waals surface area contributed by atoms with E-state index in [1.54, 1.807) is 6.07 Å². The Bertz CT molecular complexity index is 535. The first-order chi connectivity index (χ1) is 9.02. The normalized spacial score (nSPS) is 11.2. The van der Waals surface area contributed by atoms with Gasteiger partial charge in [-0.1, -0.05) is 30.8 Å². The summed E-state index contributed by atoms with van der Waals surface area (Å²) < 4.78 is 5.17. The third-order valence-electron chi connectivity index (χ3n) is 2.28. The monoisotopic (exact) mass is 279 g/mol. The third kappa shape index (κ3) is 4.20. The van der Waals surface area contributed by atoms with Crippen LogP contribution in [0.3, 0.4) is 0 Å². The zero-order chi connectivity index (χ0) is 13.8. The van der Waals surface area contributed by atoms with Crippen molar-refractivity contribution in [1.82, 2.24) is 20.1 Å². The Morgan fingerprint density at radius 3 is 2.79 bits per heavy atom. The average molecular weight is 279 g/mol. The van der Waals surface area contributed by atoms with Crippen LogP contribution in [0.4, 0.5) is 5.82 Å². The minimum Gasteiger partial charge on any atom is -0.384 e. The first-order valence-corrected chi connectivity index (χ1v) is 7.07. The van der Waals surface area contributed by atoms with Crippen LogP contribution in [0.2, 0.25) is 0 Å². The van der Waals surface area contributed by atoms with Gasteiger partial charge in [0.1, 0.15) is 5.82 Å². The van der Waals surface area contributed by atoms with Crippen LogP contribution < -0.4 is 5.73 Å². The molecule has 0 aliphatic carbocycles. The van der Waals surface area contributed by atoms with E-state index in [4.69, 9.17) is 10.3 Å². The summed E-state index contributed by atoms with van der Waals surface area (Å²) in [7, 11) is 0. The molecule has 0 bridgehead atoms. The Labute approximate surface area is 116 Å². The third-order valence-corrected chi connectivity index (χ3v) is 3.12. The maximum Gasteiger partial charge on any atom is 0.226 e.